The molecule has 0 N–H and O–H groups in total. The van der Waals surface area contributed by atoms with Crippen molar-refractivity contribution in [1.82, 2.24) is 4.98 Å². The summed E-state index contributed by atoms with van der Waals surface area (Å²) in [7, 11) is 0. The highest BCUT2D eigenvalue weighted by atomic mass is 35.5. The molecule has 2 nitrogen and oxygen atoms in total. The molecule has 2 aromatic heterocycles. The Morgan fingerprint density at radius 1 is 1.50 bits per heavy atom. The number of nitrogens with zero attached hydrogens (tertiary/aromatic N) is 2. The maximum Gasteiger partial charge on any atom is 0.167 e. The second-order valence-corrected chi connectivity index (χ2v) is 5.67. The fourth-order valence-electron chi connectivity index (χ4n) is 1.96. The average molecular weight is 283 g/mol. The van der Waals surface area contributed by atoms with E-state index in [1.165, 1.54) is 17.8 Å². The molecule has 0 radical (unpaired) electrons. The predicted octanol–water partition coefficient (Wildman–Crippen LogP) is 4.10. The lowest BCUT2D eigenvalue weighted by Crippen LogP contribution is -2.26. The van der Waals surface area contributed by atoms with E-state index >= 15 is 0 Å². The summed E-state index contributed by atoms with van der Waals surface area (Å²) in [4.78, 5) is 6.18. The maximum atomic E-state index is 13.9. The molecule has 18 heavy (non-hydrogen) atoms. The van der Waals surface area contributed by atoms with Crippen molar-refractivity contribution < 1.29 is 4.39 Å². The van der Waals surface area contributed by atoms with Crippen molar-refractivity contribution >= 4 is 28.8 Å². The number of aromatic nitrogens is 1. The molecule has 0 spiro atoms. The van der Waals surface area contributed by atoms with Gasteiger partial charge in [0.15, 0.2) is 11.6 Å². The van der Waals surface area contributed by atoms with Gasteiger partial charge in [-0.1, -0.05) is 11.6 Å². The van der Waals surface area contributed by atoms with E-state index in [0.717, 1.165) is 12.8 Å². The molecule has 5 heteroatoms. The van der Waals surface area contributed by atoms with E-state index in [2.05, 4.69) is 16.4 Å². The number of halogens is 2. The van der Waals surface area contributed by atoms with Crippen molar-refractivity contribution in [2.75, 3.05) is 4.90 Å². The molecule has 2 aromatic rings. The van der Waals surface area contributed by atoms with Crippen LogP contribution in [0.4, 0.5) is 10.2 Å². The third-order valence-electron chi connectivity index (χ3n) is 2.98. The first-order valence-electron chi connectivity index (χ1n) is 5.83. The van der Waals surface area contributed by atoms with Gasteiger partial charge in [0.2, 0.25) is 0 Å². The number of thiophene rings is 1. The highest BCUT2D eigenvalue weighted by molar-refractivity contribution is 7.07. The maximum absolute atomic E-state index is 13.9. The third-order valence-corrected chi connectivity index (χ3v) is 3.92. The van der Waals surface area contributed by atoms with E-state index in [1.54, 1.807) is 11.3 Å². The van der Waals surface area contributed by atoms with Gasteiger partial charge in [0.25, 0.3) is 0 Å². The average Bonchev–Trinajstić information content (AvgIpc) is 3.05. The Labute approximate surface area is 114 Å². The molecule has 0 aliphatic heterocycles. The van der Waals surface area contributed by atoms with Gasteiger partial charge in [-0.2, -0.15) is 11.3 Å². The summed E-state index contributed by atoms with van der Waals surface area (Å²) in [6, 6.07) is 3.80. The number of anilines is 1. The Kier molecular flexibility index (Phi) is 3.22. The lowest BCUT2D eigenvalue weighted by molar-refractivity contribution is 0.606. The summed E-state index contributed by atoms with van der Waals surface area (Å²) < 4.78 is 13.9. The SMILES string of the molecule is Fc1cc(Cl)cnc1N(Cc1ccsc1)C1CC1. The van der Waals surface area contributed by atoms with Gasteiger partial charge in [-0.25, -0.2) is 9.37 Å². The van der Waals surface area contributed by atoms with Gasteiger partial charge in [0, 0.05) is 18.8 Å². The van der Waals surface area contributed by atoms with Crippen molar-refractivity contribution in [3.05, 3.63) is 45.5 Å². The lowest BCUT2D eigenvalue weighted by Gasteiger charge is -2.23. The normalized spacial score (nSPS) is 14.8. The van der Waals surface area contributed by atoms with Crippen LogP contribution in [0.2, 0.25) is 5.02 Å². The Balaban J connectivity index is 1.89. The predicted molar refractivity (Wildman–Crippen MR) is 72.7 cm³/mol. The largest absolute Gasteiger partial charge is 0.347 e. The van der Waals surface area contributed by atoms with Crippen LogP contribution in [0.15, 0.2) is 29.1 Å². The van der Waals surface area contributed by atoms with Gasteiger partial charge >= 0.3 is 0 Å². The van der Waals surface area contributed by atoms with Crippen LogP contribution in [-0.2, 0) is 6.54 Å². The van der Waals surface area contributed by atoms with Crippen LogP contribution in [0.5, 0.6) is 0 Å². The van der Waals surface area contributed by atoms with Crippen molar-refractivity contribution in [3.63, 3.8) is 0 Å². The molecule has 1 fully saturated rings. The number of hydrogen-bond donors (Lipinski definition) is 0. The molecule has 1 saturated carbocycles. The first kappa shape index (κ1) is 11.9. The first-order valence-corrected chi connectivity index (χ1v) is 7.15. The van der Waals surface area contributed by atoms with Crippen molar-refractivity contribution in [2.24, 2.45) is 0 Å². The molecule has 2 heterocycles. The minimum absolute atomic E-state index is 0.336. The van der Waals surface area contributed by atoms with Crippen LogP contribution >= 0.6 is 22.9 Å². The van der Waals surface area contributed by atoms with E-state index in [4.69, 9.17) is 11.6 Å². The van der Waals surface area contributed by atoms with E-state index < -0.39 is 0 Å². The molecule has 0 bridgehead atoms. The summed E-state index contributed by atoms with van der Waals surface area (Å²) in [6.45, 7) is 0.708. The zero-order valence-electron chi connectivity index (χ0n) is 9.64. The van der Waals surface area contributed by atoms with E-state index in [0.29, 0.717) is 23.4 Å². The zero-order chi connectivity index (χ0) is 12.5. The number of pyridine rings is 1. The Morgan fingerprint density at radius 3 is 2.94 bits per heavy atom. The highest BCUT2D eigenvalue weighted by Crippen LogP contribution is 2.34. The molecule has 0 aromatic carbocycles. The first-order chi connectivity index (χ1) is 8.74. The fraction of sp³-hybridized carbons (Fsp3) is 0.308. The standard InChI is InChI=1S/C13H12ClFN2S/c14-10-5-12(15)13(16-6-10)17(11-1-2-11)7-9-3-4-18-8-9/h3-6,8,11H,1-2,7H2. The Morgan fingerprint density at radius 2 is 2.33 bits per heavy atom. The van der Waals surface area contributed by atoms with Crippen molar-refractivity contribution in [2.45, 2.75) is 25.4 Å². The quantitative estimate of drug-likeness (QED) is 0.839. The molecule has 94 valence electrons. The zero-order valence-corrected chi connectivity index (χ0v) is 11.2. The number of rotatable bonds is 4. The molecule has 0 unspecified atom stereocenters. The highest BCUT2D eigenvalue weighted by Gasteiger charge is 2.31. The van der Waals surface area contributed by atoms with Gasteiger partial charge in [-0.05, 0) is 41.3 Å². The molecule has 0 atom stereocenters. The molecular formula is C13H12ClFN2S. The lowest BCUT2D eigenvalue weighted by atomic mass is 10.3. The van der Waals surface area contributed by atoms with Crippen LogP contribution < -0.4 is 4.90 Å². The monoisotopic (exact) mass is 282 g/mol. The van der Waals surface area contributed by atoms with Gasteiger partial charge < -0.3 is 4.90 Å². The minimum atomic E-state index is -0.343. The summed E-state index contributed by atoms with van der Waals surface area (Å²) in [5.74, 6) is 0.0673. The summed E-state index contributed by atoms with van der Waals surface area (Å²) >= 11 is 7.39. The van der Waals surface area contributed by atoms with E-state index in [9.17, 15) is 4.39 Å². The van der Waals surface area contributed by atoms with Crippen molar-refractivity contribution in [1.29, 1.82) is 0 Å². The fourth-order valence-corrected chi connectivity index (χ4v) is 2.77. The summed E-state index contributed by atoms with van der Waals surface area (Å²) in [5.41, 5.74) is 1.20. The van der Waals surface area contributed by atoms with Crippen LogP contribution in [0.25, 0.3) is 0 Å². The van der Waals surface area contributed by atoms with Crippen LogP contribution in [0.1, 0.15) is 18.4 Å². The summed E-state index contributed by atoms with van der Waals surface area (Å²) in [6.07, 6.45) is 3.71. The minimum Gasteiger partial charge on any atom is -0.347 e. The smallest absolute Gasteiger partial charge is 0.167 e. The Bertz CT molecular complexity index is 540. The molecule has 0 saturated heterocycles. The van der Waals surface area contributed by atoms with E-state index in [1.807, 2.05) is 10.3 Å². The van der Waals surface area contributed by atoms with Gasteiger partial charge in [0.1, 0.15) is 0 Å². The second kappa shape index (κ2) is 4.86. The topological polar surface area (TPSA) is 16.1 Å². The van der Waals surface area contributed by atoms with Crippen LogP contribution in [-0.4, -0.2) is 11.0 Å². The molecule has 1 aliphatic rings. The number of hydrogen-bond acceptors (Lipinski definition) is 3. The van der Waals surface area contributed by atoms with Crippen LogP contribution in [0.3, 0.4) is 0 Å². The van der Waals surface area contributed by atoms with Crippen LogP contribution in [0, 0.1) is 5.82 Å². The van der Waals surface area contributed by atoms with Gasteiger partial charge in [0.05, 0.1) is 5.02 Å². The van der Waals surface area contributed by atoms with Gasteiger partial charge in [-0.15, -0.1) is 0 Å². The molecular weight excluding hydrogens is 271 g/mol. The molecule has 3 rings (SSSR count). The van der Waals surface area contributed by atoms with Gasteiger partial charge in [-0.3, -0.25) is 0 Å². The second-order valence-electron chi connectivity index (χ2n) is 4.45. The Hall–Kier alpha value is -1.13. The molecule has 0 amide bonds. The summed E-state index contributed by atoms with van der Waals surface area (Å²) in [5, 5.41) is 4.46. The van der Waals surface area contributed by atoms with Crippen molar-refractivity contribution in [3.8, 4) is 0 Å². The molecule has 1 aliphatic carbocycles. The van der Waals surface area contributed by atoms with E-state index in [-0.39, 0.29) is 5.82 Å². The third kappa shape index (κ3) is 2.49.